The lowest BCUT2D eigenvalue weighted by molar-refractivity contribution is -0.169. The van der Waals surface area contributed by atoms with Gasteiger partial charge in [0.15, 0.2) is 11.4 Å². The van der Waals surface area contributed by atoms with E-state index >= 15 is 0 Å². The average molecular weight is 585 g/mol. The fourth-order valence-corrected chi connectivity index (χ4v) is 7.57. The van der Waals surface area contributed by atoms with Crippen molar-refractivity contribution in [3.8, 4) is 5.75 Å². The van der Waals surface area contributed by atoms with Gasteiger partial charge in [-0.15, -0.1) is 0 Å². The quantitative estimate of drug-likeness (QED) is 0.184. The number of nitrogens with zero attached hydrogens (tertiary/aromatic N) is 2. The number of carbonyl (C=O) groups is 3. The lowest BCUT2D eigenvalue weighted by Crippen LogP contribution is -2.70. The molecule has 1 aromatic rings. The predicted molar refractivity (Wildman–Crippen MR) is 154 cm³/mol. The highest BCUT2D eigenvalue weighted by atomic mass is 16.4. The van der Waals surface area contributed by atoms with E-state index in [9.17, 15) is 39.9 Å². The Hall–Kier alpha value is -3.45. The number of anilines is 1. The average Bonchev–Trinajstić information content (AvgIpc) is 2.92. The molecule has 8 N–H and O–H groups in total. The summed E-state index contributed by atoms with van der Waals surface area (Å²) in [7, 11) is 2.95. The zero-order valence-corrected chi connectivity index (χ0v) is 24.3. The Morgan fingerprint density at radius 3 is 2.38 bits per heavy atom. The molecule has 1 heterocycles. The Bertz CT molecular complexity index is 1400. The number of aliphatic hydroxyl groups excluding tert-OH is 3. The van der Waals surface area contributed by atoms with E-state index in [2.05, 4.69) is 17.1 Å². The van der Waals surface area contributed by atoms with Gasteiger partial charge in [0, 0.05) is 30.6 Å². The van der Waals surface area contributed by atoms with Crippen LogP contribution in [-0.2, 0) is 14.4 Å². The smallest absolute Gasteiger partial charge is 0.255 e. The highest BCUT2D eigenvalue weighted by Gasteiger charge is 2.68. The number of hydrogen-bond acceptors (Lipinski definition) is 11. The topological polar surface area (TPSA) is 197 Å². The number of likely N-dealkylation sites (tertiary alicyclic amines) is 1. The van der Waals surface area contributed by atoms with Gasteiger partial charge in [-0.25, -0.2) is 0 Å². The molecular weight excluding hydrogens is 544 g/mol. The van der Waals surface area contributed by atoms with Gasteiger partial charge in [-0.2, -0.15) is 0 Å². The number of nitrogens with two attached hydrogens (primary N) is 1. The van der Waals surface area contributed by atoms with E-state index in [4.69, 9.17) is 5.73 Å². The predicted octanol–water partition coefficient (Wildman–Crippen LogP) is 0.782. The number of nitrogens with one attached hydrogen (secondary N) is 1. The first-order valence-corrected chi connectivity index (χ1v) is 14.4. The zero-order chi connectivity index (χ0) is 30.8. The van der Waals surface area contributed by atoms with Crippen molar-refractivity contribution in [3.05, 3.63) is 40.2 Å². The van der Waals surface area contributed by atoms with Crippen molar-refractivity contribution >= 4 is 28.9 Å². The molecule has 1 aliphatic heterocycles. The standard InChI is InChI=1S/C30H40N4O8/c1-5-10-34-11-8-14(9-12-34)32-16-7-6-15-13(2)17-19(24(36)18(15)23(16)35)27(39)30(42)21(25(17)37)22(33(3)4)26(38)20(28(30)40)29(31)41/h6-7,13-14,17,21-22,25,32,35-37,40,42H,5,8-12H2,1-4H3,(H2,31,41)/t13-,17?,21?,22-,25?,30-/m0/s1. The molecule has 228 valence electrons. The van der Waals surface area contributed by atoms with E-state index in [0.29, 0.717) is 11.3 Å². The molecule has 1 amide bonds. The molecule has 12 nitrogen and oxygen atoms in total. The molecule has 0 bridgehead atoms. The molecule has 0 radical (unpaired) electrons. The van der Waals surface area contributed by atoms with Crippen LogP contribution in [0.4, 0.5) is 5.69 Å². The summed E-state index contributed by atoms with van der Waals surface area (Å²) in [6, 6.07) is 2.13. The molecule has 4 aliphatic rings. The van der Waals surface area contributed by atoms with E-state index in [-0.39, 0.29) is 17.4 Å². The van der Waals surface area contributed by atoms with Crippen molar-refractivity contribution in [1.82, 2.24) is 9.80 Å². The molecule has 0 spiro atoms. The van der Waals surface area contributed by atoms with Crippen LogP contribution in [0.5, 0.6) is 5.75 Å². The Morgan fingerprint density at radius 1 is 1.17 bits per heavy atom. The maximum atomic E-state index is 14.1. The van der Waals surface area contributed by atoms with Gasteiger partial charge in [-0.3, -0.25) is 19.3 Å². The number of ketones is 2. The minimum Gasteiger partial charge on any atom is -0.508 e. The minimum atomic E-state index is -2.93. The molecule has 6 atom stereocenters. The fraction of sp³-hybridized carbons (Fsp3) is 0.567. The minimum absolute atomic E-state index is 0.0144. The molecule has 3 unspecified atom stereocenters. The number of benzene rings is 1. The van der Waals surface area contributed by atoms with Gasteiger partial charge in [0.1, 0.15) is 22.8 Å². The third kappa shape index (κ3) is 4.23. The molecule has 1 aromatic carbocycles. The number of amides is 1. The molecule has 1 saturated carbocycles. The Kier molecular flexibility index (Phi) is 7.63. The lowest BCUT2D eigenvalue weighted by atomic mass is 9.54. The van der Waals surface area contributed by atoms with Crippen LogP contribution in [-0.4, -0.2) is 110 Å². The van der Waals surface area contributed by atoms with E-state index < -0.39 is 75.6 Å². The fourth-order valence-electron chi connectivity index (χ4n) is 7.57. The van der Waals surface area contributed by atoms with Crippen molar-refractivity contribution in [3.63, 3.8) is 0 Å². The van der Waals surface area contributed by atoms with Gasteiger partial charge in [-0.05, 0) is 57.5 Å². The third-order valence-corrected chi connectivity index (χ3v) is 9.62. The molecule has 1 saturated heterocycles. The van der Waals surface area contributed by atoms with Gasteiger partial charge in [0.25, 0.3) is 5.91 Å². The molecule has 42 heavy (non-hydrogen) atoms. The Morgan fingerprint density at radius 2 is 1.81 bits per heavy atom. The number of fused-ring (bicyclic) bond motifs is 3. The van der Waals surface area contributed by atoms with Crippen LogP contribution in [0.2, 0.25) is 0 Å². The summed E-state index contributed by atoms with van der Waals surface area (Å²) in [4.78, 5) is 43.3. The van der Waals surface area contributed by atoms with E-state index in [1.807, 2.05) is 0 Å². The number of likely N-dealkylation sites (N-methyl/N-ethyl adjacent to an activating group) is 1. The zero-order valence-electron chi connectivity index (χ0n) is 24.3. The van der Waals surface area contributed by atoms with Crippen LogP contribution in [0.25, 0.3) is 5.76 Å². The molecule has 3 aliphatic carbocycles. The monoisotopic (exact) mass is 584 g/mol. The lowest BCUT2D eigenvalue weighted by Gasteiger charge is -2.53. The maximum absolute atomic E-state index is 14.1. The largest absolute Gasteiger partial charge is 0.508 e. The number of aliphatic hydroxyl groups is 4. The van der Waals surface area contributed by atoms with E-state index in [1.54, 1.807) is 19.1 Å². The summed E-state index contributed by atoms with van der Waals surface area (Å²) < 4.78 is 0. The second-order valence-corrected chi connectivity index (χ2v) is 12.2. The molecule has 12 heteroatoms. The third-order valence-electron chi connectivity index (χ3n) is 9.62. The number of primary amides is 1. The summed E-state index contributed by atoms with van der Waals surface area (Å²) in [5.74, 6) is -8.92. The summed E-state index contributed by atoms with van der Waals surface area (Å²) in [6.45, 7) is 6.71. The molecule has 2 fully saturated rings. The number of Topliss-reactive ketones (excluding diaryl/α,β-unsaturated/α-hetero) is 2. The summed E-state index contributed by atoms with van der Waals surface area (Å²) in [5.41, 5.74) is 1.93. The van der Waals surface area contributed by atoms with Crippen molar-refractivity contribution in [2.75, 3.05) is 39.0 Å². The first-order chi connectivity index (χ1) is 19.8. The van der Waals surface area contributed by atoms with Gasteiger partial charge in [0.05, 0.1) is 29.3 Å². The highest BCUT2D eigenvalue weighted by molar-refractivity contribution is 6.24. The second kappa shape index (κ2) is 10.7. The number of phenolic OH excluding ortho intramolecular Hbond substituents is 1. The number of carbonyl (C=O) groups excluding carboxylic acids is 3. The SMILES string of the molecule is CCCN1CCC(Nc2ccc3c(c2O)C(O)=C2C(=O)[C@]4(O)C(O)=C(C(N)=O)C(=O)[C@@H](N(C)C)C4C(O)C2[C@H]3C)CC1. The van der Waals surface area contributed by atoms with Crippen molar-refractivity contribution in [2.45, 2.75) is 62.8 Å². The van der Waals surface area contributed by atoms with E-state index in [1.165, 1.54) is 19.0 Å². The molecule has 5 rings (SSSR count). The van der Waals surface area contributed by atoms with Crippen LogP contribution in [0.15, 0.2) is 29.0 Å². The highest BCUT2D eigenvalue weighted by Crippen LogP contribution is 2.56. The number of hydrogen-bond donors (Lipinski definition) is 7. The maximum Gasteiger partial charge on any atom is 0.255 e. The number of phenols is 1. The molecule has 0 aromatic heterocycles. The van der Waals surface area contributed by atoms with Crippen molar-refractivity contribution in [1.29, 1.82) is 0 Å². The second-order valence-electron chi connectivity index (χ2n) is 12.2. The first kappa shape index (κ1) is 30.0. The number of aromatic hydroxyl groups is 1. The van der Waals surface area contributed by atoms with E-state index in [0.717, 1.165) is 38.9 Å². The van der Waals surface area contributed by atoms with Crippen LogP contribution < -0.4 is 11.1 Å². The van der Waals surface area contributed by atoms with Crippen LogP contribution in [0.1, 0.15) is 50.2 Å². The number of piperidine rings is 1. The van der Waals surface area contributed by atoms with Gasteiger partial charge < -0.3 is 41.5 Å². The molecular formula is C30H40N4O8. The van der Waals surface area contributed by atoms with Gasteiger partial charge in [0.2, 0.25) is 5.78 Å². The van der Waals surface area contributed by atoms with Gasteiger partial charge >= 0.3 is 0 Å². The van der Waals surface area contributed by atoms with Crippen LogP contribution in [0, 0.1) is 11.8 Å². The van der Waals surface area contributed by atoms with Crippen molar-refractivity contribution in [2.24, 2.45) is 17.6 Å². The Labute approximate surface area is 244 Å². The summed E-state index contributed by atoms with van der Waals surface area (Å²) >= 11 is 0. The van der Waals surface area contributed by atoms with Crippen molar-refractivity contribution < 1.29 is 39.9 Å². The van der Waals surface area contributed by atoms with Gasteiger partial charge in [-0.1, -0.05) is 19.9 Å². The summed E-state index contributed by atoms with van der Waals surface area (Å²) in [5, 5.41) is 60.8. The first-order valence-electron chi connectivity index (χ1n) is 14.4. The van der Waals surface area contributed by atoms with Crippen LogP contribution >= 0.6 is 0 Å². The summed E-state index contributed by atoms with van der Waals surface area (Å²) in [6.07, 6.45) is 1.18. The normalized spacial score (nSPS) is 32.1. The number of rotatable bonds is 6. The van der Waals surface area contributed by atoms with Crippen LogP contribution in [0.3, 0.4) is 0 Å². The Balaban J connectivity index is 1.60.